The van der Waals surface area contributed by atoms with E-state index in [9.17, 15) is 35.9 Å². The SMILES string of the molecule is Cc1cc2c(-c3ccccc3)c(NC(=O)NCc3cc(C(F)(F)F)cc(C(F)(F)F)c3)n(C)c(=O)c2cc1C. The maximum absolute atomic E-state index is 13.2. The summed E-state index contributed by atoms with van der Waals surface area (Å²) in [6.45, 7) is 3.12. The first-order chi connectivity index (χ1) is 18.2. The van der Waals surface area contributed by atoms with Crippen molar-refractivity contribution in [2.45, 2.75) is 32.7 Å². The van der Waals surface area contributed by atoms with Crippen molar-refractivity contribution in [2.75, 3.05) is 5.32 Å². The van der Waals surface area contributed by atoms with Gasteiger partial charge in [-0.1, -0.05) is 36.4 Å². The molecule has 0 saturated carbocycles. The number of hydrogen-bond acceptors (Lipinski definition) is 2. The third kappa shape index (κ3) is 5.76. The number of aromatic nitrogens is 1. The Morgan fingerprint density at radius 3 is 1.90 bits per heavy atom. The smallest absolute Gasteiger partial charge is 0.334 e. The van der Waals surface area contributed by atoms with Crippen LogP contribution in [0.15, 0.2) is 65.5 Å². The fourth-order valence-corrected chi connectivity index (χ4v) is 4.28. The largest absolute Gasteiger partial charge is 0.416 e. The molecule has 0 saturated heterocycles. The molecule has 2 amide bonds. The van der Waals surface area contributed by atoms with Gasteiger partial charge in [-0.25, -0.2) is 4.79 Å². The van der Waals surface area contributed by atoms with Crippen LogP contribution in [0, 0.1) is 13.8 Å². The summed E-state index contributed by atoms with van der Waals surface area (Å²) in [5.74, 6) is 0.111. The molecule has 2 N–H and O–H groups in total. The predicted molar refractivity (Wildman–Crippen MR) is 136 cm³/mol. The van der Waals surface area contributed by atoms with Gasteiger partial charge >= 0.3 is 18.4 Å². The van der Waals surface area contributed by atoms with Crippen molar-refractivity contribution < 1.29 is 31.1 Å². The minimum absolute atomic E-state index is 0.0181. The lowest BCUT2D eigenvalue weighted by atomic mass is 9.96. The van der Waals surface area contributed by atoms with Crippen LogP contribution >= 0.6 is 0 Å². The number of amides is 2. The molecular formula is C28H23F6N3O2. The van der Waals surface area contributed by atoms with Crippen LogP contribution in [0.1, 0.15) is 27.8 Å². The van der Waals surface area contributed by atoms with Gasteiger partial charge in [0.1, 0.15) is 5.82 Å². The zero-order valence-corrected chi connectivity index (χ0v) is 21.0. The molecule has 0 fully saturated rings. The van der Waals surface area contributed by atoms with Gasteiger partial charge in [0.25, 0.3) is 5.56 Å². The maximum atomic E-state index is 13.2. The summed E-state index contributed by atoms with van der Waals surface area (Å²) in [5, 5.41) is 5.88. The topological polar surface area (TPSA) is 63.1 Å². The van der Waals surface area contributed by atoms with E-state index in [1.807, 2.05) is 19.9 Å². The molecule has 0 atom stereocenters. The highest BCUT2D eigenvalue weighted by atomic mass is 19.4. The predicted octanol–water partition coefficient (Wildman–Crippen LogP) is 7.18. The number of anilines is 1. The number of carbonyl (C=O) groups is 1. The Labute approximate surface area is 219 Å². The lowest BCUT2D eigenvalue weighted by Gasteiger charge is -2.19. The molecule has 0 aliphatic rings. The molecule has 11 heteroatoms. The van der Waals surface area contributed by atoms with Gasteiger partial charge in [0.2, 0.25) is 0 Å². The number of hydrogen-bond donors (Lipinski definition) is 2. The van der Waals surface area contributed by atoms with E-state index in [1.54, 1.807) is 36.4 Å². The zero-order chi connectivity index (χ0) is 28.7. The van der Waals surface area contributed by atoms with E-state index in [-0.39, 0.29) is 11.9 Å². The molecule has 204 valence electrons. The number of nitrogens with zero attached hydrogens (tertiary/aromatic N) is 1. The average Bonchev–Trinajstić information content (AvgIpc) is 2.87. The number of benzene rings is 3. The molecule has 4 aromatic rings. The van der Waals surface area contributed by atoms with Gasteiger partial charge in [0, 0.05) is 24.5 Å². The van der Waals surface area contributed by atoms with Crippen LogP contribution in [-0.2, 0) is 25.9 Å². The van der Waals surface area contributed by atoms with Gasteiger partial charge in [-0.3, -0.25) is 14.7 Å². The Balaban J connectivity index is 1.73. The van der Waals surface area contributed by atoms with Crippen LogP contribution in [0.4, 0.5) is 37.0 Å². The molecule has 3 aromatic carbocycles. The van der Waals surface area contributed by atoms with E-state index in [4.69, 9.17) is 0 Å². The molecule has 0 aliphatic heterocycles. The molecule has 5 nitrogen and oxygen atoms in total. The summed E-state index contributed by atoms with van der Waals surface area (Å²) in [5.41, 5.74) is -0.727. The molecule has 0 bridgehead atoms. The highest BCUT2D eigenvalue weighted by Crippen LogP contribution is 2.37. The molecule has 0 radical (unpaired) electrons. The van der Waals surface area contributed by atoms with E-state index < -0.39 is 47.2 Å². The highest BCUT2D eigenvalue weighted by molar-refractivity contribution is 6.05. The minimum Gasteiger partial charge on any atom is -0.334 e. The lowest BCUT2D eigenvalue weighted by molar-refractivity contribution is -0.143. The van der Waals surface area contributed by atoms with Crippen LogP contribution in [0.3, 0.4) is 0 Å². The number of aryl methyl sites for hydroxylation is 2. The van der Waals surface area contributed by atoms with Crippen molar-refractivity contribution in [3.63, 3.8) is 0 Å². The van der Waals surface area contributed by atoms with Crippen LogP contribution < -0.4 is 16.2 Å². The maximum Gasteiger partial charge on any atom is 0.416 e. The number of pyridine rings is 1. The van der Waals surface area contributed by atoms with Crippen LogP contribution in [0.5, 0.6) is 0 Å². The van der Waals surface area contributed by atoms with E-state index in [0.717, 1.165) is 11.1 Å². The fraction of sp³-hybridized carbons (Fsp3) is 0.214. The second-order valence-electron chi connectivity index (χ2n) is 9.16. The van der Waals surface area contributed by atoms with Crippen molar-refractivity contribution >= 4 is 22.6 Å². The molecule has 0 unspecified atom stereocenters. The Bertz CT molecular complexity index is 1590. The number of rotatable bonds is 4. The molecule has 4 rings (SSSR count). The quantitative estimate of drug-likeness (QED) is 0.266. The summed E-state index contributed by atoms with van der Waals surface area (Å²) >= 11 is 0. The zero-order valence-electron chi connectivity index (χ0n) is 21.0. The third-order valence-corrected chi connectivity index (χ3v) is 6.41. The molecule has 0 spiro atoms. The standard InChI is InChI=1S/C28H23F6N3O2/c1-15-9-21-22(10-16(15)2)25(38)37(3)24(23(21)18-7-5-4-6-8-18)36-26(39)35-14-17-11-19(27(29,30)31)13-20(12-17)28(32,33)34/h4-13H,14H2,1-3H3,(H2,35,36,39). The Kier molecular flexibility index (Phi) is 7.20. The highest BCUT2D eigenvalue weighted by Gasteiger charge is 2.36. The lowest BCUT2D eigenvalue weighted by Crippen LogP contribution is -2.32. The molecule has 0 aliphatic carbocycles. The van der Waals surface area contributed by atoms with Crippen molar-refractivity contribution in [3.8, 4) is 11.1 Å². The molecule has 1 heterocycles. The summed E-state index contributed by atoms with van der Waals surface area (Å²) < 4.78 is 80.4. The second-order valence-corrected chi connectivity index (χ2v) is 9.16. The van der Waals surface area contributed by atoms with Crippen molar-refractivity contribution in [3.05, 3.63) is 98.8 Å². The van der Waals surface area contributed by atoms with Gasteiger partial charge in [-0.2, -0.15) is 26.3 Å². The van der Waals surface area contributed by atoms with Gasteiger partial charge in [0.05, 0.1) is 11.1 Å². The van der Waals surface area contributed by atoms with Crippen LogP contribution in [-0.4, -0.2) is 10.6 Å². The number of urea groups is 1. The van der Waals surface area contributed by atoms with E-state index in [2.05, 4.69) is 10.6 Å². The first-order valence-corrected chi connectivity index (χ1v) is 11.7. The number of alkyl halides is 6. The van der Waals surface area contributed by atoms with Crippen molar-refractivity contribution in [1.29, 1.82) is 0 Å². The van der Waals surface area contributed by atoms with Crippen LogP contribution in [0.25, 0.3) is 21.9 Å². The minimum atomic E-state index is -5.01. The summed E-state index contributed by atoms with van der Waals surface area (Å²) in [6, 6.07) is 12.7. The number of halogens is 6. The number of fused-ring (bicyclic) bond motifs is 1. The summed E-state index contributed by atoms with van der Waals surface area (Å²) in [4.78, 5) is 26.1. The van der Waals surface area contributed by atoms with Crippen molar-refractivity contribution in [2.24, 2.45) is 7.05 Å². The Morgan fingerprint density at radius 2 is 1.36 bits per heavy atom. The normalized spacial score (nSPS) is 12.0. The van der Waals surface area contributed by atoms with Gasteiger partial charge in [0.15, 0.2) is 0 Å². The number of nitrogens with one attached hydrogen (secondary N) is 2. The molecular weight excluding hydrogens is 524 g/mol. The van der Waals surface area contributed by atoms with E-state index >= 15 is 0 Å². The summed E-state index contributed by atoms with van der Waals surface area (Å²) in [6.07, 6.45) is -10.0. The van der Waals surface area contributed by atoms with E-state index in [1.165, 1.54) is 11.6 Å². The third-order valence-electron chi connectivity index (χ3n) is 6.41. The molecule has 1 aromatic heterocycles. The first-order valence-electron chi connectivity index (χ1n) is 11.7. The van der Waals surface area contributed by atoms with Crippen LogP contribution in [0.2, 0.25) is 0 Å². The van der Waals surface area contributed by atoms with Gasteiger partial charge < -0.3 is 5.32 Å². The van der Waals surface area contributed by atoms with Crippen molar-refractivity contribution in [1.82, 2.24) is 9.88 Å². The molecule has 39 heavy (non-hydrogen) atoms. The Hall–Kier alpha value is -4.28. The summed E-state index contributed by atoms with van der Waals surface area (Å²) in [7, 11) is 1.46. The fourth-order valence-electron chi connectivity index (χ4n) is 4.28. The van der Waals surface area contributed by atoms with Gasteiger partial charge in [-0.05, 0) is 65.8 Å². The monoisotopic (exact) mass is 547 g/mol. The van der Waals surface area contributed by atoms with Gasteiger partial charge in [-0.15, -0.1) is 0 Å². The average molecular weight is 547 g/mol. The number of carbonyl (C=O) groups excluding carboxylic acids is 1. The Morgan fingerprint density at radius 1 is 0.821 bits per heavy atom. The first kappa shape index (κ1) is 27.7. The second kappa shape index (κ2) is 10.1. The van der Waals surface area contributed by atoms with E-state index in [0.29, 0.717) is 34.0 Å².